The van der Waals surface area contributed by atoms with Crippen LogP contribution in [-0.4, -0.2) is 16.2 Å². The summed E-state index contributed by atoms with van der Waals surface area (Å²) in [6, 6.07) is 2.98. The maximum atomic E-state index is 12.6. The molecule has 1 aromatic heterocycles. The number of amides is 1. The van der Waals surface area contributed by atoms with Gasteiger partial charge < -0.3 is 11.1 Å². The molecule has 2 rings (SSSR count). The molecule has 0 unspecified atom stereocenters. The first-order valence-electron chi connectivity index (χ1n) is 5.04. The average molecular weight is 351 g/mol. The molecule has 0 aliphatic rings. The molecule has 3 N–H and O–H groups in total. The zero-order valence-electron chi connectivity index (χ0n) is 9.53. The zero-order chi connectivity index (χ0) is 14.9. The summed E-state index contributed by atoms with van der Waals surface area (Å²) in [5, 5.41) is 8.67. The van der Waals surface area contributed by atoms with Crippen LogP contribution in [0.4, 0.5) is 24.7 Å². The number of anilines is 2. The second-order valence-electron chi connectivity index (χ2n) is 3.68. The van der Waals surface area contributed by atoms with Crippen molar-refractivity contribution in [3.05, 3.63) is 33.9 Å². The fraction of sp³-hybridized carbons (Fsp3) is 0.100. The minimum Gasteiger partial charge on any atom is -0.379 e. The Hall–Kier alpha value is -2.10. The van der Waals surface area contributed by atoms with Gasteiger partial charge in [-0.3, -0.25) is 4.79 Å². The molecule has 10 heteroatoms. The van der Waals surface area contributed by atoms with Gasteiger partial charge in [0.1, 0.15) is 0 Å². The smallest absolute Gasteiger partial charge is 0.379 e. The molecule has 2 aromatic rings. The summed E-state index contributed by atoms with van der Waals surface area (Å²) in [7, 11) is 0. The summed E-state index contributed by atoms with van der Waals surface area (Å²) in [6.07, 6.45) is -4.53. The van der Waals surface area contributed by atoms with Crippen LogP contribution in [0.5, 0.6) is 0 Å². The summed E-state index contributed by atoms with van der Waals surface area (Å²) >= 11 is 2.94. The second-order valence-corrected chi connectivity index (χ2v) is 4.59. The zero-order valence-corrected chi connectivity index (χ0v) is 11.1. The van der Waals surface area contributed by atoms with Crippen molar-refractivity contribution in [1.82, 2.24) is 10.3 Å². The van der Waals surface area contributed by atoms with E-state index >= 15 is 0 Å². The molecule has 0 radical (unpaired) electrons. The Bertz CT molecular complexity index is 656. The van der Waals surface area contributed by atoms with Crippen molar-refractivity contribution >= 4 is 33.3 Å². The van der Waals surface area contributed by atoms with Gasteiger partial charge in [-0.15, -0.1) is 0 Å². The lowest BCUT2D eigenvalue weighted by Crippen LogP contribution is -2.15. The first kappa shape index (κ1) is 14.3. The summed E-state index contributed by atoms with van der Waals surface area (Å²) in [5.41, 5.74) is 4.02. The van der Waals surface area contributed by atoms with Gasteiger partial charge >= 0.3 is 6.18 Å². The molecule has 1 heterocycles. The van der Waals surface area contributed by atoms with E-state index in [4.69, 9.17) is 5.73 Å². The van der Waals surface area contributed by atoms with Crippen molar-refractivity contribution in [3.8, 4) is 0 Å². The molecule has 0 bridgehead atoms. The number of nitrogens with two attached hydrogens (primary N) is 1. The third-order valence-electron chi connectivity index (χ3n) is 2.21. The monoisotopic (exact) mass is 350 g/mol. The predicted molar refractivity (Wildman–Crippen MR) is 65.8 cm³/mol. The summed E-state index contributed by atoms with van der Waals surface area (Å²) in [5.74, 6) is -1.08. The van der Waals surface area contributed by atoms with Crippen LogP contribution in [0.1, 0.15) is 16.1 Å². The highest BCUT2D eigenvalue weighted by molar-refractivity contribution is 9.10. The van der Waals surface area contributed by atoms with Crippen LogP contribution in [0.15, 0.2) is 27.3 Å². The van der Waals surface area contributed by atoms with Crippen molar-refractivity contribution in [3.63, 3.8) is 0 Å². The highest BCUT2D eigenvalue weighted by Crippen LogP contribution is 2.33. The van der Waals surface area contributed by atoms with Crippen LogP contribution in [0.3, 0.4) is 0 Å². The molecule has 106 valence electrons. The average Bonchev–Trinajstić information content (AvgIpc) is 2.73. The number of carbonyl (C=O) groups is 1. The van der Waals surface area contributed by atoms with Crippen molar-refractivity contribution < 1.29 is 22.6 Å². The van der Waals surface area contributed by atoms with Crippen LogP contribution >= 0.6 is 15.9 Å². The maximum absolute atomic E-state index is 12.6. The van der Waals surface area contributed by atoms with Gasteiger partial charge in [0, 0.05) is 10.2 Å². The van der Waals surface area contributed by atoms with Crippen LogP contribution < -0.4 is 11.1 Å². The van der Waals surface area contributed by atoms with E-state index in [9.17, 15) is 18.0 Å². The molecule has 1 aromatic carbocycles. The molecule has 0 fully saturated rings. The van der Waals surface area contributed by atoms with E-state index in [1.807, 2.05) is 0 Å². The molecule has 0 saturated heterocycles. The lowest BCUT2D eigenvalue weighted by atomic mass is 10.2. The maximum Gasteiger partial charge on any atom is 0.416 e. The fourth-order valence-electron chi connectivity index (χ4n) is 1.37. The van der Waals surface area contributed by atoms with Gasteiger partial charge in [0.05, 0.1) is 5.56 Å². The number of carbonyl (C=O) groups excluding carboxylic acids is 1. The van der Waals surface area contributed by atoms with Crippen LogP contribution in [0.2, 0.25) is 0 Å². The predicted octanol–water partition coefficient (Wildman–Crippen LogP) is 2.69. The third-order valence-corrected chi connectivity index (χ3v) is 2.67. The third kappa shape index (κ3) is 3.07. The fourth-order valence-corrected chi connectivity index (χ4v) is 1.86. The van der Waals surface area contributed by atoms with Crippen molar-refractivity contribution in [1.29, 1.82) is 0 Å². The first-order chi connectivity index (χ1) is 9.27. The van der Waals surface area contributed by atoms with E-state index in [-0.39, 0.29) is 21.7 Å². The van der Waals surface area contributed by atoms with Crippen molar-refractivity contribution in [2.45, 2.75) is 6.18 Å². The number of rotatable bonds is 2. The first-order valence-corrected chi connectivity index (χ1v) is 5.84. The normalized spacial score (nSPS) is 11.4. The second kappa shape index (κ2) is 5.12. The molecular formula is C10H6BrF3N4O2. The Morgan fingerprint density at radius 2 is 2.00 bits per heavy atom. The van der Waals surface area contributed by atoms with Gasteiger partial charge in [-0.2, -0.15) is 13.2 Å². The molecule has 1 amide bonds. The Morgan fingerprint density at radius 1 is 1.30 bits per heavy atom. The highest BCUT2D eigenvalue weighted by Gasteiger charge is 2.31. The van der Waals surface area contributed by atoms with Crippen LogP contribution in [0.25, 0.3) is 0 Å². The molecule has 0 saturated carbocycles. The largest absolute Gasteiger partial charge is 0.416 e. The number of nitrogen functional groups attached to an aromatic ring is 1. The van der Waals surface area contributed by atoms with E-state index in [0.29, 0.717) is 0 Å². The molecule has 0 atom stereocenters. The number of hydrogen-bond acceptors (Lipinski definition) is 5. The minimum atomic E-state index is -4.53. The van der Waals surface area contributed by atoms with E-state index in [2.05, 4.69) is 36.2 Å². The number of nitrogens with one attached hydrogen (secondary N) is 1. The molecule has 6 nitrogen and oxygen atoms in total. The van der Waals surface area contributed by atoms with Crippen molar-refractivity contribution in [2.24, 2.45) is 0 Å². The number of aromatic nitrogens is 2. The topological polar surface area (TPSA) is 94.0 Å². The molecule has 0 aliphatic carbocycles. The van der Waals surface area contributed by atoms with Crippen LogP contribution in [-0.2, 0) is 6.18 Å². The standard InChI is InChI=1S/C10H6BrF3N4O2/c11-5-1-4(10(12,13)14)2-6(3-5)16-9(19)7-8(15)18-20-17-7/h1-3H,(H2,15,18)(H,16,19). The summed E-state index contributed by atoms with van der Waals surface area (Å²) in [6.45, 7) is 0. The minimum absolute atomic E-state index is 0.0703. The summed E-state index contributed by atoms with van der Waals surface area (Å²) in [4.78, 5) is 11.7. The highest BCUT2D eigenvalue weighted by atomic mass is 79.9. The van der Waals surface area contributed by atoms with Crippen molar-refractivity contribution in [2.75, 3.05) is 11.1 Å². The quantitative estimate of drug-likeness (QED) is 0.868. The van der Waals surface area contributed by atoms with E-state index in [0.717, 1.165) is 12.1 Å². The van der Waals surface area contributed by atoms with Gasteiger partial charge in [0.25, 0.3) is 5.91 Å². The van der Waals surface area contributed by atoms with Crippen LogP contribution in [0, 0.1) is 0 Å². The lowest BCUT2D eigenvalue weighted by Gasteiger charge is -2.10. The Labute approximate surface area is 118 Å². The number of alkyl halides is 3. The molecule has 0 spiro atoms. The lowest BCUT2D eigenvalue weighted by molar-refractivity contribution is -0.137. The Morgan fingerprint density at radius 3 is 2.55 bits per heavy atom. The Kier molecular flexibility index (Phi) is 3.66. The SMILES string of the molecule is Nc1nonc1C(=O)Nc1cc(Br)cc(C(F)(F)F)c1. The summed E-state index contributed by atoms with van der Waals surface area (Å²) < 4.78 is 42.3. The van der Waals surface area contributed by atoms with Gasteiger partial charge in [-0.25, -0.2) is 4.63 Å². The number of nitrogens with zero attached hydrogens (tertiary/aromatic N) is 2. The molecule has 20 heavy (non-hydrogen) atoms. The van der Waals surface area contributed by atoms with Gasteiger partial charge in [-0.05, 0) is 28.5 Å². The molecular weight excluding hydrogens is 345 g/mol. The Balaban J connectivity index is 2.28. The number of hydrogen-bond donors (Lipinski definition) is 2. The van der Waals surface area contributed by atoms with E-state index < -0.39 is 17.6 Å². The number of benzene rings is 1. The van der Waals surface area contributed by atoms with E-state index in [1.165, 1.54) is 6.07 Å². The van der Waals surface area contributed by atoms with Gasteiger partial charge in [0.15, 0.2) is 0 Å². The van der Waals surface area contributed by atoms with Gasteiger partial charge in [-0.1, -0.05) is 15.9 Å². The van der Waals surface area contributed by atoms with Gasteiger partial charge in [0.2, 0.25) is 11.5 Å². The van der Waals surface area contributed by atoms with E-state index in [1.54, 1.807) is 0 Å². The molecule has 0 aliphatic heterocycles. The number of halogens is 4.